The van der Waals surface area contributed by atoms with E-state index < -0.39 is 0 Å². The van der Waals surface area contributed by atoms with Crippen molar-refractivity contribution in [3.05, 3.63) is 12.4 Å². The van der Waals surface area contributed by atoms with Gasteiger partial charge in [-0.2, -0.15) is 0 Å². The standard InChI is InChI=1S/C11H21N5/c1-2-15-6-4-13-11(15)16-9-7-14(5-3-12)8-10-16/h4,6H,2-3,5,7-10,12H2,1H3. The van der Waals surface area contributed by atoms with Gasteiger partial charge in [-0.3, -0.25) is 4.90 Å². The van der Waals surface area contributed by atoms with Gasteiger partial charge in [0, 0.05) is 58.2 Å². The van der Waals surface area contributed by atoms with Crippen molar-refractivity contribution in [2.75, 3.05) is 44.2 Å². The van der Waals surface area contributed by atoms with Crippen LogP contribution in [0.4, 0.5) is 5.95 Å². The quantitative estimate of drug-likeness (QED) is 0.779. The van der Waals surface area contributed by atoms with E-state index in [1.165, 1.54) is 0 Å². The van der Waals surface area contributed by atoms with Crippen LogP contribution in [-0.4, -0.2) is 53.7 Å². The molecule has 1 aromatic rings. The van der Waals surface area contributed by atoms with Crippen LogP contribution in [0, 0.1) is 0 Å². The number of piperazine rings is 1. The average molecular weight is 223 g/mol. The lowest BCUT2D eigenvalue weighted by Gasteiger charge is -2.35. The third kappa shape index (κ3) is 2.36. The molecule has 16 heavy (non-hydrogen) atoms. The predicted octanol–water partition coefficient (Wildman–Crippen LogP) is -0.0163. The third-order valence-corrected chi connectivity index (χ3v) is 3.13. The molecule has 2 heterocycles. The summed E-state index contributed by atoms with van der Waals surface area (Å²) in [5.74, 6) is 1.11. The van der Waals surface area contributed by atoms with E-state index in [1.807, 2.05) is 12.4 Å². The van der Waals surface area contributed by atoms with Crippen molar-refractivity contribution in [2.45, 2.75) is 13.5 Å². The molecule has 5 heteroatoms. The second kappa shape index (κ2) is 5.32. The predicted molar refractivity (Wildman–Crippen MR) is 65.6 cm³/mol. The first kappa shape index (κ1) is 11.4. The number of nitrogens with two attached hydrogens (primary N) is 1. The van der Waals surface area contributed by atoms with E-state index in [0.717, 1.165) is 51.8 Å². The van der Waals surface area contributed by atoms with E-state index in [-0.39, 0.29) is 0 Å². The van der Waals surface area contributed by atoms with Crippen LogP contribution in [0.25, 0.3) is 0 Å². The molecule has 0 unspecified atom stereocenters. The highest BCUT2D eigenvalue weighted by molar-refractivity contribution is 5.32. The summed E-state index contributed by atoms with van der Waals surface area (Å²) in [7, 11) is 0. The normalized spacial score (nSPS) is 18.0. The second-order valence-corrected chi connectivity index (χ2v) is 4.13. The van der Waals surface area contributed by atoms with Crippen LogP contribution in [0.15, 0.2) is 12.4 Å². The number of nitrogens with zero attached hydrogens (tertiary/aromatic N) is 4. The molecule has 0 spiro atoms. The summed E-state index contributed by atoms with van der Waals surface area (Å²) < 4.78 is 2.19. The average Bonchev–Trinajstić information content (AvgIpc) is 2.78. The maximum atomic E-state index is 5.56. The van der Waals surface area contributed by atoms with Crippen molar-refractivity contribution in [2.24, 2.45) is 5.73 Å². The van der Waals surface area contributed by atoms with Crippen LogP contribution in [0.1, 0.15) is 6.92 Å². The molecule has 0 bridgehead atoms. The molecule has 90 valence electrons. The molecule has 0 amide bonds. The van der Waals surface area contributed by atoms with Gasteiger partial charge < -0.3 is 15.2 Å². The largest absolute Gasteiger partial charge is 0.340 e. The topological polar surface area (TPSA) is 50.3 Å². The smallest absolute Gasteiger partial charge is 0.205 e. The van der Waals surface area contributed by atoms with E-state index in [4.69, 9.17) is 5.73 Å². The lowest BCUT2D eigenvalue weighted by molar-refractivity contribution is 0.263. The Morgan fingerprint density at radius 1 is 1.31 bits per heavy atom. The van der Waals surface area contributed by atoms with E-state index in [2.05, 4.69) is 26.3 Å². The summed E-state index contributed by atoms with van der Waals surface area (Å²) in [6.45, 7) is 9.18. The van der Waals surface area contributed by atoms with Gasteiger partial charge in [0.1, 0.15) is 0 Å². The molecule has 2 rings (SSSR count). The van der Waals surface area contributed by atoms with Crippen molar-refractivity contribution in [3.63, 3.8) is 0 Å². The van der Waals surface area contributed by atoms with Gasteiger partial charge in [0.25, 0.3) is 0 Å². The zero-order valence-electron chi connectivity index (χ0n) is 9.97. The number of aromatic nitrogens is 2. The van der Waals surface area contributed by atoms with Gasteiger partial charge in [0.15, 0.2) is 0 Å². The summed E-state index contributed by atoms with van der Waals surface area (Å²) in [4.78, 5) is 9.20. The Hall–Kier alpha value is -1.07. The number of imidazole rings is 1. The number of aryl methyl sites for hydroxylation is 1. The molecule has 2 N–H and O–H groups in total. The number of hydrogen-bond acceptors (Lipinski definition) is 4. The summed E-state index contributed by atoms with van der Waals surface area (Å²) in [6.07, 6.45) is 3.92. The van der Waals surface area contributed by atoms with Crippen molar-refractivity contribution in [1.82, 2.24) is 14.5 Å². The zero-order chi connectivity index (χ0) is 11.4. The minimum absolute atomic E-state index is 0.754. The maximum Gasteiger partial charge on any atom is 0.205 e. The Morgan fingerprint density at radius 3 is 2.69 bits per heavy atom. The van der Waals surface area contributed by atoms with E-state index >= 15 is 0 Å². The Bertz CT molecular complexity index is 314. The molecule has 0 aliphatic carbocycles. The molecule has 5 nitrogen and oxygen atoms in total. The van der Waals surface area contributed by atoms with Gasteiger partial charge in [0.2, 0.25) is 5.95 Å². The highest BCUT2D eigenvalue weighted by Crippen LogP contribution is 2.13. The van der Waals surface area contributed by atoms with E-state index in [1.54, 1.807) is 0 Å². The molecule has 1 fully saturated rings. The van der Waals surface area contributed by atoms with Gasteiger partial charge in [-0.15, -0.1) is 0 Å². The van der Waals surface area contributed by atoms with Crippen molar-refractivity contribution in [1.29, 1.82) is 0 Å². The summed E-state index contributed by atoms with van der Waals surface area (Å²) in [6, 6.07) is 0. The van der Waals surface area contributed by atoms with E-state index in [9.17, 15) is 0 Å². The van der Waals surface area contributed by atoms with Crippen molar-refractivity contribution in [3.8, 4) is 0 Å². The molecule has 1 aliphatic rings. The minimum Gasteiger partial charge on any atom is -0.340 e. The van der Waals surface area contributed by atoms with Gasteiger partial charge in [-0.05, 0) is 6.92 Å². The molecule has 1 aromatic heterocycles. The monoisotopic (exact) mass is 223 g/mol. The van der Waals surface area contributed by atoms with Crippen LogP contribution in [-0.2, 0) is 6.54 Å². The number of rotatable bonds is 4. The fraction of sp³-hybridized carbons (Fsp3) is 0.727. The van der Waals surface area contributed by atoms with Crippen LogP contribution >= 0.6 is 0 Å². The van der Waals surface area contributed by atoms with Crippen LogP contribution in [0.2, 0.25) is 0 Å². The van der Waals surface area contributed by atoms with Crippen molar-refractivity contribution < 1.29 is 0 Å². The van der Waals surface area contributed by atoms with Gasteiger partial charge in [0.05, 0.1) is 0 Å². The van der Waals surface area contributed by atoms with Gasteiger partial charge in [-0.25, -0.2) is 4.98 Å². The fourth-order valence-corrected chi connectivity index (χ4v) is 2.19. The van der Waals surface area contributed by atoms with Crippen molar-refractivity contribution >= 4 is 5.95 Å². The maximum absolute atomic E-state index is 5.56. The second-order valence-electron chi connectivity index (χ2n) is 4.13. The highest BCUT2D eigenvalue weighted by Gasteiger charge is 2.19. The van der Waals surface area contributed by atoms with E-state index in [0.29, 0.717) is 0 Å². The number of hydrogen-bond donors (Lipinski definition) is 1. The first-order valence-electron chi connectivity index (χ1n) is 6.03. The molecular formula is C11H21N5. The van der Waals surface area contributed by atoms with Crippen LogP contribution < -0.4 is 10.6 Å². The third-order valence-electron chi connectivity index (χ3n) is 3.13. The highest BCUT2D eigenvalue weighted by atomic mass is 15.3. The van der Waals surface area contributed by atoms with Gasteiger partial charge >= 0.3 is 0 Å². The van der Waals surface area contributed by atoms with Gasteiger partial charge in [-0.1, -0.05) is 0 Å². The zero-order valence-corrected chi connectivity index (χ0v) is 9.97. The molecule has 0 radical (unpaired) electrons. The summed E-state index contributed by atoms with van der Waals surface area (Å²) in [5.41, 5.74) is 5.56. The minimum atomic E-state index is 0.754. The summed E-state index contributed by atoms with van der Waals surface area (Å²) in [5, 5.41) is 0. The Morgan fingerprint density at radius 2 is 2.06 bits per heavy atom. The fourth-order valence-electron chi connectivity index (χ4n) is 2.19. The molecule has 1 aliphatic heterocycles. The first-order valence-corrected chi connectivity index (χ1v) is 6.03. The lowest BCUT2D eigenvalue weighted by atomic mass is 10.3. The molecule has 0 aromatic carbocycles. The van der Waals surface area contributed by atoms with Crippen LogP contribution in [0.5, 0.6) is 0 Å². The molecule has 0 atom stereocenters. The number of anilines is 1. The lowest BCUT2D eigenvalue weighted by Crippen LogP contribution is -2.48. The Labute approximate surface area is 96.8 Å². The summed E-state index contributed by atoms with van der Waals surface area (Å²) >= 11 is 0. The molecule has 1 saturated heterocycles. The Kier molecular flexibility index (Phi) is 3.79. The first-order chi connectivity index (χ1) is 7.85. The SMILES string of the molecule is CCn1ccnc1N1CCN(CCN)CC1. The van der Waals surface area contributed by atoms with Crippen LogP contribution in [0.3, 0.4) is 0 Å². The Balaban J connectivity index is 1.93. The molecular weight excluding hydrogens is 202 g/mol. The molecule has 0 saturated carbocycles.